The first-order chi connectivity index (χ1) is 11.4. The van der Waals surface area contributed by atoms with Gasteiger partial charge in [0.05, 0.1) is 13.2 Å². The molecule has 2 aromatic rings. The number of nitrogens with one attached hydrogen (secondary N) is 1. The van der Waals surface area contributed by atoms with E-state index in [1.54, 1.807) is 18.2 Å². The first-order valence-electron chi connectivity index (χ1n) is 7.59. The van der Waals surface area contributed by atoms with Gasteiger partial charge in [0.2, 0.25) is 0 Å². The van der Waals surface area contributed by atoms with Gasteiger partial charge in [0, 0.05) is 23.6 Å². The number of ether oxygens (including phenoxy) is 1. The van der Waals surface area contributed by atoms with Crippen molar-refractivity contribution < 1.29 is 23.4 Å². The van der Waals surface area contributed by atoms with Crippen LogP contribution in [0.5, 0.6) is 5.75 Å². The maximum atomic E-state index is 13.8. The van der Waals surface area contributed by atoms with E-state index in [-0.39, 0.29) is 18.0 Å². The smallest absolute Gasteiger partial charge is 0.251 e. The van der Waals surface area contributed by atoms with Crippen molar-refractivity contribution in [1.82, 2.24) is 5.32 Å². The molecule has 4 nitrogen and oxygen atoms in total. The number of carbonyl (C=O) groups is 1. The Balaban J connectivity index is 1.71. The second-order valence-corrected chi connectivity index (χ2v) is 6.00. The third-order valence-electron chi connectivity index (χ3n) is 4.06. The zero-order valence-corrected chi connectivity index (χ0v) is 13.1. The van der Waals surface area contributed by atoms with Crippen LogP contribution < -0.4 is 10.1 Å². The molecular weight excluding hydrogens is 316 g/mol. The third-order valence-corrected chi connectivity index (χ3v) is 4.06. The van der Waals surface area contributed by atoms with Crippen LogP contribution in [0.1, 0.15) is 28.4 Å². The largest absolute Gasteiger partial charge is 0.493 e. The van der Waals surface area contributed by atoms with Gasteiger partial charge in [-0.2, -0.15) is 0 Å². The highest BCUT2D eigenvalue weighted by Crippen LogP contribution is 2.26. The highest BCUT2D eigenvalue weighted by Gasteiger charge is 2.28. The second kappa shape index (κ2) is 6.20. The molecular formula is C18H17F2NO3. The van der Waals surface area contributed by atoms with E-state index < -0.39 is 17.2 Å². The summed E-state index contributed by atoms with van der Waals surface area (Å²) in [5.41, 5.74) is -0.340. The Morgan fingerprint density at radius 3 is 2.83 bits per heavy atom. The maximum Gasteiger partial charge on any atom is 0.251 e. The zero-order chi connectivity index (χ0) is 17.3. The zero-order valence-electron chi connectivity index (χ0n) is 13.1. The lowest BCUT2D eigenvalue weighted by atomic mass is 9.95. The van der Waals surface area contributed by atoms with Gasteiger partial charge in [-0.05, 0) is 36.8 Å². The van der Waals surface area contributed by atoms with Crippen LogP contribution in [0.25, 0.3) is 0 Å². The molecule has 0 aliphatic carbocycles. The summed E-state index contributed by atoms with van der Waals surface area (Å²) in [6.45, 7) is 1.75. The van der Waals surface area contributed by atoms with Gasteiger partial charge in [-0.25, -0.2) is 8.78 Å². The lowest BCUT2D eigenvalue weighted by molar-refractivity contribution is 0.0494. The number of halogens is 2. The average molecular weight is 333 g/mol. The lowest BCUT2D eigenvalue weighted by Crippen LogP contribution is -2.39. The molecule has 1 aliphatic rings. The standard InChI is InChI=1S/C18H17F2NO3/c1-18(23,14-4-3-13(19)9-15(14)20)10-21-17(22)12-2-5-16-11(8-12)6-7-24-16/h2-5,8-9,23H,6-7,10H2,1H3,(H,21,22). The molecule has 1 aliphatic heterocycles. The summed E-state index contributed by atoms with van der Waals surface area (Å²) < 4.78 is 32.2. The summed E-state index contributed by atoms with van der Waals surface area (Å²) in [6, 6.07) is 8.04. The monoisotopic (exact) mass is 333 g/mol. The van der Waals surface area contributed by atoms with Gasteiger partial charge in [-0.1, -0.05) is 6.07 Å². The molecule has 6 heteroatoms. The Hall–Kier alpha value is -2.47. The molecule has 1 amide bonds. The van der Waals surface area contributed by atoms with Gasteiger partial charge in [0.15, 0.2) is 0 Å². The van der Waals surface area contributed by atoms with Gasteiger partial charge >= 0.3 is 0 Å². The van der Waals surface area contributed by atoms with Gasteiger partial charge in [-0.15, -0.1) is 0 Å². The SMILES string of the molecule is CC(O)(CNC(=O)c1ccc2c(c1)CCO2)c1ccc(F)cc1F. The van der Waals surface area contributed by atoms with Crippen molar-refractivity contribution in [2.45, 2.75) is 18.9 Å². The van der Waals surface area contributed by atoms with Crippen molar-refractivity contribution in [1.29, 1.82) is 0 Å². The molecule has 1 unspecified atom stereocenters. The summed E-state index contributed by atoms with van der Waals surface area (Å²) >= 11 is 0. The molecule has 1 atom stereocenters. The fourth-order valence-electron chi connectivity index (χ4n) is 2.70. The van der Waals surface area contributed by atoms with E-state index in [1.165, 1.54) is 13.0 Å². The second-order valence-electron chi connectivity index (χ2n) is 6.00. The highest BCUT2D eigenvalue weighted by atomic mass is 19.1. The third kappa shape index (κ3) is 3.23. The quantitative estimate of drug-likeness (QED) is 0.904. The van der Waals surface area contributed by atoms with Crippen molar-refractivity contribution in [2.75, 3.05) is 13.2 Å². The van der Waals surface area contributed by atoms with Crippen LogP contribution in [0.15, 0.2) is 36.4 Å². The van der Waals surface area contributed by atoms with E-state index in [0.717, 1.165) is 23.8 Å². The van der Waals surface area contributed by atoms with Crippen LogP contribution >= 0.6 is 0 Å². The molecule has 2 N–H and O–H groups in total. The summed E-state index contributed by atoms with van der Waals surface area (Å²) in [5.74, 6) is -1.19. The minimum absolute atomic E-state index is 0.0773. The molecule has 0 bridgehead atoms. The highest BCUT2D eigenvalue weighted by molar-refractivity contribution is 5.94. The van der Waals surface area contributed by atoms with Crippen molar-refractivity contribution in [2.24, 2.45) is 0 Å². The van der Waals surface area contributed by atoms with Crippen LogP contribution in [0.4, 0.5) is 8.78 Å². The van der Waals surface area contributed by atoms with E-state index in [9.17, 15) is 18.7 Å². The van der Waals surface area contributed by atoms with Crippen LogP contribution in [0, 0.1) is 11.6 Å². The predicted octanol–water partition coefficient (Wildman–Crippen LogP) is 2.54. The Bertz CT molecular complexity index is 790. The molecule has 2 aromatic carbocycles. The number of hydrogen-bond acceptors (Lipinski definition) is 3. The number of hydrogen-bond donors (Lipinski definition) is 2. The average Bonchev–Trinajstić information content (AvgIpc) is 2.99. The van der Waals surface area contributed by atoms with E-state index in [4.69, 9.17) is 4.74 Å². The van der Waals surface area contributed by atoms with Gasteiger partial charge in [0.25, 0.3) is 5.91 Å². The lowest BCUT2D eigenvalue weighted by Gasteiger charge is -2.24. The van der Waals surface area contributed by atoms with Crippen molar-refractivity contribution >= 4 is 5.91 Å². The van der Waals surface area contributed by atoms with E-state index >= 15 is 0 Å². The fourth-order valence-corrected chi connectivity index (χ4v) is 2.70. The molecule has 1 heterocycles. The number of carbonyl (C=O) groups excluding carboxylic acids is 1. The predicted molar refractivity (Wildman–Crippen MR) is 83.9 cm³/mol. The molecule has 0 spiro atoms. The van der Waals surface area contributed by atoms with Crippen LogP contribution in [0.3, 0.4) is 0 Å². The summed E-state index contributed by atoms with van der Waals surface area (Å²) in [6.07, 6.45) is 0.745. The minimum atomic E-state index is -1.66. The molecule has 0 fully saturated rings. The minimum Gasteiger partial charge on any atom is -0.493 e. The number of rotatable bonds is 4. The summed E-state index contributed by atoms with van der Waals surface area (Å²) in [5, 5.41) is 13.0. The summed E-state index contributed by atoms with van der Waals surface area (Å²) in [7, 11) is 0. The first-order valence-corrected chi connectivity index (χ1v) is 7.59. The molecule has 0 saturated heterocycles. The Morgan fingerprint density at radius 2 is 2.08 bits per heavy atom. The van der Waals surface area contributed by atoms with Crippen LogP contribution in [-0.2, 0) is 12.0 Å². The van der Waals surface area contributed by atoms with Gasteiger partial charge < -0.3 is 15.2 Å². The Labute approximate surface area is 138 Å². The number of benzene rings is 2. The van der Waals surface area contributed by atoms with E-state index in [0.29, 0.717) is 18.2 Å². The molecule has 0 radical (unpaired) electrons. The Morgan fingerprint density at radius 1 is 1.29 bits per heavy atom. The molecule has 0 saturated carbocycles. The number of fused-ring (bicyclic) bond motifs is 1. The number of amides is 1. The molecule has 24 heavy (non-hydrogen) atoms. The van der Waals surface area contributed by atoms with Crippen molar-refractivity contribution in [3.63, 3.8) is 0 Å². The molecule has 0 aromatic heterocycles. The first kappa shape index (κ1) is 16.4. The fraction of sp³-hybridized carbons (Fsp3) is 0.278. The maximum absolute atomic E-state index is 13.8. The normalized spacial score (nSPS) is 15.3. The van der Waals surface area contributed by atoms with E-state index in [2.05, 4.69) is 5.32 Å². The van der Waals surface area contributed by atoms with Gasteiger partial charge in [-0.3, -0.25) is 4.79 Å². The van der Waals surface area contributed by atoms with Crippen LogP contribution in [0.2, 0.25) is 0 Å². The Kier molecular flexibility index (Phi) is 4.24. The van der Waals surface area contributed by atoms with Crippen molar-refractivity contribution in [3.8, 4) is 5.75 Å². The van der Waals surface area contributed by atoms with Gasteiger partial charge in [0.1, 0.15) is 23.0 Å². The van der Waals surface area contributed by atoms with Crippen molar-refractivity contribution in [3.05, 3.63) is 64.7 Å². The van der Waals surface area contributed by atoms with E-state index in [1.807, 2.05) is 0 Å². The summed E-state index contributed by atoms with van der Waals surface area (Å²) in [4.78, 5) is 12.2. The topological polar surface area (TPSA) is 58.6 Å². The molecule has 3 rings (SSSR count). The number of aliphatic hydroxyl groups is 1. The van der Waals surface area contributed by atoms with Crippen LogP contribution in [-0.4, -0.2) is 24.2 Å². The molecule has 126 valence electrons.